The van der Waals surface area contributed by atoms with Crippen LogP contribution in [0.15, 0.2) is 30.3 Å². The molecule has 1 aromatic heterocycles. The molecule has 0 saturated heterocycles. The number of carbonyl (C=O) groups is 1. The van der Waals surface area contributed by atoms with E-state index in [0.29, 0.717) is 9.90 Å². The molecule has 0 atom stereocenters. The number of benzene rings is 1. The van der Waals surface area contributed by atoms with Gasteiger partial charge in [-0.3, -0.25) is 4.79 Å². The van der Waals surface area contributed by atoms with Gasteiger partial charge < -0.3 is 5.32 Å². The van der Waals surface area contributed by atoms with Gasteiger partial charge in [-0.15, -0.1) is 11.3 Å². The van der Waals surface area contributed by atoms with E-state index in [1.165, 1.54) is 17.4 Å². The van der Waals surface area contributed by atoms with Crippen molar-refractivity contribution in [2.75, 3.05) is 6.54 Å². The van der Waals surface area contributed by atoms with Crippen molar-refractivity contribution in [1.29, 1.82) is 0 Å². The van der Waals surface area contributed by atoms with E-state index < -0.39 is 18.6 Å². The number of amides is 1. The van der Waals surface area contributed by atoms with Crippen LogP contribution in [0.5, 0.6) is 0 Å². The third kappa shape index (κ3) is 3.74. The molecule has 0 aliphatic rings. The Morgan fingerprint density at radius 3 is 2.70 bits per heavy atom. The van der Waals surface area contributed by atoms with Crippen LogP contribution in [0.3, 0.4) is 0 Å². The quantitative estimate of drug-likeness (QED) is 0.842. The second-order valence-electron chi connectivity index (χ2n) is 3.94. The molecule has 1 amide bonds. The minimum absolute atomic E-state index is 0.491. The Morgan fingerprint density at radius 1 is 1.35 bits per heavy atom. The fourth-order valence-electron chi connectivity index (χ4n) is 1.54. The number of hydrogen-bond donors (Lipinski definition) is 1. The molecule has 0 saturated carbocycles. The summed E-state index contributed by atoms with van der Waals surface area (Å²) < 4.78 is 36.7. The number of carbonyl (C=O) groups excluding carboxylic acids is 1. The second-order valence-corrected chi connectivity index (χ2v) is 5.40. The van der Waals surface area contributed by atoms with Crippen molar-refractivity contribution in [3.05, 3.63) is 40.2 Å². The van der Waals surface area contributed by atoms with Crippen molar-refractivity contribution in [3.8, 4) is 0 Å². The Hall–Kier alpha value is -1.53. The molecule has 7 heteroatoms. The Labute approximate surface area is 121 Å². The van der Waals surface area contributed by atoms with Gasteiger partial charge in [0.15, 0.2) is 0 Å². The molecular formula is C13H9ClF3NOS. The van der Waals surface area contributed by atoms with Crippen molar-refractivity contribution in [3.63, 3.8) is 0 Å². The molecule has 1 heterocycles. The standard InChI is InChI=1S/C13H9ClF3NOS/c14-12-8-3-1-2-4-9(8)20-10(12)5-6-11(19)18-7-13(15,16)17/h1-6H,7H2,(H,18,19)/b6-5+. The van der Waals surface area contributed by atoms with Crippen molar-refractivity contribution < 1.29 is 18.0 Å². The van der Waals surface area contributed by atoms with Crippen LogP contribution in [0, 0.1) is 0 Å². The topological polar surface area (TPSA) is 29.1 Å². The summed E-state index contributed by atoms with van der Waals surface area (Å²) in [5, 5.41) is 3.10. The summed E-state index contributed by atoms with van der Waals surface area (Å²) in [6.07, 6.45) is -1.96. The highest BCUT2D eigenvalue weighted by Crippen LogP contribution is 2.35. The molecule has 0 spiro atoms. The van der Waals surface area contributed by atoms with Crippen LogP contribution >= 0.6 is 22.9 Å². The fraction of sp³-hybridized carbons (Fsp3) is 0.154. The maximum Gasteiger partial charge on any atom is 0.405 e. The highest BCUT2D eigenvalue weighted by molar-refractivity contribution is 7.20. The number of nitrogens with one attached hydrogen (secondary N) is 1. The maximum atomic E-state index is 11.9. The summed E-state index contributed by atoms with van der Waals surface area (Å²) in [5.74, 6) is -0.809. The molecular weight excluding hydrogens is 311 g/mol. The van der Waals surface area contributed by atoms with E-state index in [-0.39, 0.29) is 0 Å². The molecule has 0 fully saturated rings. The summed E-state index contributed by atoms with van der Waals surface area (Å²) in [6.45, 7) is -1.35. The molecule has 1 N–H and O–H groups in total. The Morgan fingerprint density at radius 2 is 2.05 bits per heavy atom. The van der Waals surface area contributed by atoms with Crippen molar-refractivity contribution >= 4 is 45.0 Å². The van der Waals surface area contributed by atoms with Gasteiger partial charge in [-0.25, -0.2) is 0 Å². The van der Waals surface area contributed by atoms with Crippen molar-refractivity contribution in [1.82, 2.24) is 5.32 Å². The van der Waals surface area contributed by atoms with E-state index in [1.54, 1.807) is 5.32 Å². The molecule has 0 unspecified atom stereocenters. The molecule has 0 bridgehead atoms. The summed E-state index contributed by atoms with van der Waals surface area (Å²) in [6, 6.07) is 7.42. The first kappa shape index (κ1) is 14.9. The number of alkyl halides is 3. The zero-order chi connectivity index (χ0) is 14.8. The molecule has 0 aliphatic heterocycles. The molecule has 2 rings (SSSR count). The number of thiophene rings is 1. The lowest BCUT2D eigenvalue weighted by atomic mass is 10.2. The number of fused-ring (bicyclic) bond motifs is 1. The predicted molar refractivity (Wildman–Crippen MR) is 74.9 cm³/mol. The largest absolute Gasteiger partial charge is 0.405 e. The highest BCUT2D eigenvalue weighted by Gasteiger charge is 2.27. The van der Waals surface area contributed by atoms with E-state index in [9.17, 15) is 18.0 Å². The van der Waals surface area contributed by atoms with E-state index in [4.69, 9.17) is 11.6 Å². The third-order valence-corrected chi connectivity index (χ3v) is 4.06. The van der Waals surface area contributed by atoms with E-state index in [0.717, 1.165) is 16.2 Å². The van der Waals surface area contributed by atoms with Gasteiger partial charge in [0.1, 0.15) is 6.54 Å². The van der Waals surface area contributed by atoms with Gasteiger partial charge in [0.25, 0.3) is 0 Å². The SMILES string of the molecule is O=C(/C=C/c1sc2ccccc2c1Cl)NCC(F)(F)F. The lowest BCUT2D eigenvalue weighted by Gasteiger charge is -2.05. The van der Waals surface area contributed by atoms with Crippen LogP contribution in [-0.4, -0.2) is 18.6 Å². The van der Waals surface area contributed by atoms with Crippen molar-refractivity contribution in [2.24, 2.45) is 0 Å². The molecule has 2 nitrogen and oxygen atoms in total. The molecule has 106 valence electrons. The number of hydrogen-bond acceptors (Lipinski definition) is 2. The number of rotatable bonds is 3. The van der Waals surface area contributed by atoms with Gasteiger partial charge in [-0.1, -0.05) is 29.8 Å². The van der Waals surface area contributed by atoms with Crippen LogP contribution < -0.4 is 5.32 Å². The van der Waals surface area contributed by atoms with E-state index in [2.05, 4.69) is 0 Å². The zero-order valence-electron chi connectivity index (χ0n) is 10.00. The van der Waals surface area contributed by atoms with Crippen LogP contribution in [0.25, 0.3) is 16.2 Å². The highest BCUT2D eigenvalue weighted by atomic mass is 35.5. The van der Waals surface area contributed by atoms with Gasteiger partial charge in [0, 0.05) is 21.0 Å². The maximum absolute atomic E-state index is 11.9. The molecule has 1 aromatic carbocycles. The first-order valence-corrected chi connectivity index (χ1v) is 6.76. The van der Waals surface area contributed by atoms with Gasteiger partial charge in [0.05, 0.1) is 5.02 Å². The Kier molecular flexibility index (Phi) is 4.35. The second kappa shape index (κ2) is 5.85. The van der Waals surface area contributed by atoms with Crippen molar-refractivity contribution in [2.45, 2.75) is 6.18 Å². The van der Waals surface area contributed by atoms with E-state index >= 15 is 0 Å². The van der Waals surface area contributed by atoms with Gasteiger partial charge in [-0.05, 0) is 12.1 Å². The zero-order valence-corrected chi connectivity index (χ0v) is 11.6. The molecule has 20 heavy (non-hydrogen) atoms. The van der Waals surface area contributed by atoms with Gasteiger partial charge >= 0.3 is 6.18 Å². The summed E-state index contributed by atoms with van der Waals surface area (Å²) in [4.78, 5) is 11.9. The predicted octanol–water partition coefficient (Wildman–Crippen LogP) is 4.25. The first-order chi connectivity index (χ1) is 9.37. The van der Waals surface area contributed by atoms with Crippen LogP contribution in [0.1, 0.15) is 4.88 Å². The van der Waals surface area contributed by atoms with Crippen LogP contribution in [-0.2, 0) is 4.79 Å². The van der Waals surface area contributed by atoms with Crippen LogP contribution in [0.2, 0.25) is 5.02 Å². The lowest BCUT2D eigenvalue weighted by molar-refractivity contribution is -0.135. The number of halogens is 4. The smallest absolute Gasteiger partial charge is 0.343 e. The molecule has 0 aliphatic carbocycles. The summed E-state index contributed by atoms with van der Waals surface area (Å²) in [5.41, 5.74) is 0. The van der Waals surface area contributed by atoms with Gasteiger partial charge in [-0.2, -0.15) is 13.2 Å². The minimum Gasteiger partial charge on any atom is -0.343 e. The summed E-state index contributed by atoms with van der Waals surface area (Å²) in [7, 11) is 0. The van der Waals surface area contributed by atoms with Crippen LogP contribution in [0.4, 0.5) is 13.2 Å². The normalized spacial score (nSPS) is 12.2. The monoisotopic (exact) mass is 319 g/mol. The average Bonchev–Trinajstić information content (AvgIpc) is 2.71. The lowest BCUT2D eigenvalue weighted by Crippen LogP contribution is -2.32. The van der Waals surface area contributed by atoms with Gasteiger partial charge in [0.2, 0.25) is 5.91 Å². The first-order valence-electron chi connectivity index (χ1n) is 5.56. The van der Waals surface area contributed by atoms with E-state index in [1.807, 2.05) is 24.3 Å². The fourth-order valence-corrected chi connectivity index (χ4v) is 2.94. The minimum atomic E-state index is -4.42. The Bertz CT molecular complexity index is 663. The molecule has 2 aromatic rings. The Balaban J connectivity index is 2.10. The molecule has 0 radical (unpaired) electrons. The average molecular weight is 320 g/mol. The third-order valence-electron chi connectivity index (χ3n) is 2.41. The summed E-state index contributed by atoms with van der Waals surface area (Å²) >= 11 is 7.51.